The third-order valence-electron chi connectivity index (χ3n) is 4.38. The normalized spacial score (nSPS) is 13.0. The number of methoxy groups -OCH3 is 1. The van der Waals surface area contributed by atoms with E-state index >= 15 is 0 Å². The van der Waals surface area contributed by atoms with Crippen molar-refractivity contribution in [3.8, 4) is 11.5 Å². The molecule has 1 aromatic carbocycles. The molecule has 1 aliphatic rings. The molecular weight excluding hydrogens is 376 g/mol. The Hall–Kier alpha value is -2.80. The van der Waals surface area contributed by atoms with Crippen LogP contribution in [0.5, 0.6) is 11.5 Å². The highest BCUT2D eigenvalue weighted by Crippen LogP contribution is 2.38. The molecule has 0 bridgehead atoms. The predicted octanol–water partition coefficient (Wildman–Crippen LogP) is 3.78. The molecule has 3 rings (SSSR count). The van der Waals surface area contributed by atoms with Gasteiger partial charge in [0.25, 0.3) is 5.91 Å². The third kappa shape index (κ3) is 4.36. The fourth-order valence-corrected chi connectivity index (χ4v) is 4.52. The van der Waals surface area contributed by atoms with Crippen molar-refractivity contribution in [2.45, 2.75) is 39.2 Å². The van der Waals surface area contributed by atoms with E-state index in [2.05, 4.69) is 5.32 Å². The number of aryl methyl sites for hydroxylation is 1. The summed E-state index contributed by atoms with van der Waals surface area (Å²) in [6.45, 7) is 3.89. The summed E-state index contributed by atoms with van der Waals surface area (Å²) >= 11 is 1.44. The van der Waals surface area contributed by atoms with Crippen LogP contribution in [0.4, 0.5) is 5.00 Å². The summed E-state index contributed by atoms with van der Waals surface area (Å²) in [7, 11) is 1.57. The van der Waals surface area contributed by atoms with Gasteiger partial charge in [0.1, 0.15) is 5.00 Å². The number of carbonyl (C=O) groups is 2. The second-order valence-electron chi connectivity index (χ2n) is 6.83. The summed E-state index contributed by atoms with van der Waals surface area (Å²) in [4.78, 5) is 25.3. The number of hydrogen-bond acceptors (Lipinski definition) is 5. The molecule has 3 N–H and O–H groups in total. The molecule has 0 fully saturated rings. The SMILES string of the molecule is COc1cc(/C=C/C(=O)Nc2sc3c(c2C(N)=O)CCC3)ccc1OC(C)C. The molecule has 1 aliphatic carbocycles. The molecular formula is C21H24N2O4S. The number of benzene rings is 1. The van der Waals surface area contributed by atoms with Gasteiger partial charge < -0.3 is 20.5 Å². The van der Waals surface area contributed by atoms with E-state index in [1.807, 2.05) is 26.0 Å². The Morgan fingerprint density at radius 1 is 1.25 bits per heavy atom. The fraction of sp³-hybridized carbons (Fsp3) is 0.333. The number of primary amides is 1. The zero-order valence-electron chi connectivity index (χ0n) is 16.2. The van der Waals surface area contributed by atoms with Crippen molar-refractivity contribution in [2.24, 2.45) is 5.73 Å². The molecule has 2 aromatic rings. The van der Waals surface area contributed by atoms with Crippen molar-refractivity contribution >= 4 is 34.2 Å². The Morgan fingerprint density at radius 3 is 2.71 bits per heavy atom. The summed E-state index contributed by atoms with van der Waals surface area (Å²) < 4.78 is 11.0. The monoisotopic (exact) mass is 400 g/mol. The van der Waals surface area contributed by atoms with Crippen molar-refractivity contribution in [3.63, 3.8) is 0 Å². The molecule has 1 heterocycles. The van der Waals surface area contributed by atoms with E-state index in [1.165, 1.54) is 17.4 Å². The van der Waals surface area contributed by atoms with E-state index in [0.717, 1.165) is 35.3 Å². The first-order valence-electron chi connectivity index (χ1n) is 9.17. The number of hydrogen-bond donors (Lipinski definition) is 2. The molecule has 148 valence electrons. The number of anilines is 1. The molecule has 28 heavy (non-hydrogen) atoms. The van der Waals surface area contributed by atoms with Gasteiger partial charge in [-0.25, -0.2) is 0 Å². The van der Waals surface area contributed by atoms with Crippen LogP contribution in [-0.4, -0.2) is 25.0 Å². The average Bonchev–Trinajstić information content (AvgIpc) is 3.20. The van der Waals surface area contributed by atoms with Crippen LogP contribution in [0.2, 0.25) is 0 Å². The van der Waals surface area contributed by atoms with Crippen LogP contribution in [0.3, 0.4) is 0 Å². The van der Waals surface area contributed by atoms with Gasteiger partial charge in [0.2, 0.25) is 5.91 Å². The van der Waals surface area contributed by atoms with Crippen molar-refractivity contribution in [1.82, 2.24) is 0 Å². The summed E-state index contributed by atoms with van der Waals surface area (Å²) in [5.74, 6) is 0.438. The number of thiophene rings is 1. The quantitative estimate of drug-likeness (QED) is 0.692. The van der Waals surface area contributed by atoms with Gasteiger partial charge in [0, 0.05) is 11.0 Å². The largest absolute Gasteiger partial charge is 0.493 e. The smallest absolute Gasteiger partial charge is 0.251 e. The highest BCUT2D eigenvalue weighted by atomic mass is 32.1. The maximum absolute atomic E-state index is 12.4. The van der Waals surface area contributed by atoms with Gasteiger partial charge in [-0.05, 0) is 62.4 Å². The number of fused-ring (bicyclic) bond motifs is 1. The molecule has 0 unspecified atom stereocenters. The van der Waals surface area contributed by atoms with Crippen LogP contribution < -0.4 is 20.5 Å². The lowest BCUT2D eigenvalue weighted by molar-refractivity contribution is -0.111. The Labute approximate surface area is 168 Å². The van der Waals surface area contributed by atoms with E-state index in [-0.39, 0.29) is 12.0 Å². The van der Waals surface area contributed by atoms with E-state index < -0.39 is 5.91 Å². The Morgan fingerprint density at radius 2 is 2.04 bits per heavy atom. The highest BCUT2D eigenvalue weighted by Gasteiger charge is 2.25. The molecule has 0 saturated heterocycles. The van der Waals surface area contributed by atoms with E-state index in [4.69, 9.17) is 15.2 Å². The maximum atomic E-state index is 12.4. The average molecular weight is 401 g/mol. The highest BCUT2D eigenvalue weighted by molar-refractivity contribution is 7.17. The van der Waals surface area contributed by atoms with Gasteiger partial charge in [0.05, 0.1) is 18.8 Å². The van der Waals surface area contributed by atoms with Crippen LogP contribution in [0.1, 0.15) is 46.6 Å². The fourth-order valence-electron chi connectivity index (χ4n) is 3.22. The molecule has 7 heteroatoms. The summed E-state index contributed by atoms with van der Waals surface area (Å²) in [6, 6.07) is 5.46. The summed E-state index contributed by atoms with van der Waals surface area (Å²) in [6.07, 6.45) is 5.92. The van der Waals surface area contributed by atoms with Gasteiger partial charge in [-0.2, -0.15) is 0 Å². The number of nitrogens with one attached hydrogen (secondary N) is 1. The standard InChI is InChI=1S/C21H24N2O4S/c1-12(2)27-15-9-7-13(11-16(15)26-3)8-10-18(24)23-21-19(20(22)25)14-5-4-6-17(14)28-21/h7-12H,4-6H2,1-3H3,(H2,22,25)(H,23,24)/b10-8+. The van der Waals surface area contributed by atoms with Crippen LogP contribution in [0.25, 0.3) is 6.08 Å². The second-order valence-corrected chi connectivity index (χ2v) is 7.93. The van der Waals surface area contributed by atoms with Crippen LogP contribution in [0.15, 0.2) is 24.3 Å². The molecule has 0 spiro atoms. The maximum Gasteiger partial charge on any atom is 0.251 e. The van der Waals surface area contributed by atoms with Crippen molar-refractivity contribution < 1.29 is 19.1 Å². The first kappa shape index (κ1) is 19.9. The van der Waals surface area contributed by atoms with Crippen LogP contribution in [-0.2, 0) is 17.6 Å². The second kappa shape index (κ2) is 8.48. The molecule has 0 saturated carbocycles. The number of nitrogens with two attached hydrogens (primary N) is 1. The molecule has 0 radical (unpaired) electrons. The number of rotatable bonds is 7. The number of amides is 2. The van der Waals surface area contributed by atoms with Crippen LogP contribution >= 0.6 is 11.3 Å². The lowest BCUT2D eigenvalue weighted by Gasteiger charge is -2.13. The number of ether oxygens (including phenoxy) is 2. The first-order chi connectivity index (χ1) is 13.4. The lowest BCUT2D eigenvalue weighted by Crippen LogP contribution is -2.16. The summed E-state index contributed by atoms with van der Waals surface area (Å²) in [5.41, 5.74) is 7.77. The lowest BCUT2D eigenvalue weighted by atomic mass is 10.1. The minimum Gasteiger partial charge on any atom is -0.493 e. The Bertz CT molecular complexity index is 931. The molecule has 0 atom stereocenters. The van der Waals surface area contributed by atoms with E-state index in [0.29, 0.717) is 22.1 Å². The molecule has 1 aromatic heterocycles. The third-order valence-corrected chi connectivity index (χ3v) is 5.59. The predicted molar refractivity (Wildman–Crippen MR) is 111 cm³/mol. The van der Waals surface area contributed by atoms with E-state index in [1.54, 1.807) is 19.3 Å². The van der Waals surface area contributed by atoms with Gasteiger partial charge in [-0.1, -0.05) is 6.07 Å². The Balaban J connectivity index is 1.73. The summed E-state index contributed by atoms with van der Waals surface area (Å²) in [5, 5.41) is 3.33. The number of carbonyl (C=O) groups excluding carboxylic acids is 2. The Kier molecular flexibility index (Phi) is 6.04. The molecule has 2 amide bonds. The van der Waals surface area contributed by atoms with Crippen LogP contribution in [0, 0.1) is 0 Å². The van der Waals surface area contributed by atoms with Gasteiger partial charge in [0.15, 0.2) is 11.5 Å². The first-order valence-corrected chi connectivity index (χ1v) is 9.98. The zero-order valence-corrected chi connectivity index (χ0v) is 17.0. The van der Waals surface area contributed by atoms with Crippen molar-refractivity contribution in [1.29, 1.82) is 0 Å². The minimum absolute atomic E-state index is 0.0351. The van der Waals surface area contributed by atoms with Crippen molar-refractivity contribution in [3.05, 3.63) is 45.8 Å². The van der Waals surface area contributed by atoms with Gasteiger partial charge in [-0.15, -0.1) is 11.3 Å². The zero-order chi connectivity index (χ0) is 20.3. The molecule has 6 nitrogen and oxygen atoms in total. The molecule has 0 aliphatic heterocycles. The van der Waals surface area contributed by atoms with Crippen molar-refractivity contribution in [2.75, 3.05) is 12.4 Å². The topological polar surface area (TPSA) is 90.6 Å². The van der Waals surface area contributed by atoms with E-state index in [9.17, 15) is 9.59 Å². The van der Waals surface area contributed by atoms with Gasteiger partial charge in [-0.3, -0.25) is 9.59 Å². The minimum atomic E-state index is -0.496. The van der Waals surface area contributed by atoms with Gasteiger partial charge >= 0.3 is 0 Å².